The van der Waals surface area contributed by atoms with Crippen LogP contribution in [0.1, 0.15) is 29.2 Å². The number of amides is 1. The Bertz CT molecular complexity index is 329. The van der Waals surface area contributed by atoms with Gasteiger partial charge in [-0.3, -0.25) is 9.48 Å². The van der Waals surface area contributed by atoms with Crippen LogP contribution in [-0.4, -0.2) is 28.9 Å². The molecule has 0 spiro atoms. The van der Waals surface area contributed by atoms with Crippen molar-refractivity contribution in [2.75, 3.05) is 13.2 Å². The third-order valence-electron chi connectivity index (χ3n) is 2.45. The molecule has 14 heavy (non-hydrogen) atoms. The number of nitrogens with two attached hydrogens (primary N) is 1. The Morgan fingerprint density at radius 3 is 2.86 bits per heavy atom. The molecule has 1 aliphatic rings. The predicted octanol–water partition coefficient (Wildman–Crippen LogP) is 0.333. The summed E-state index contributed by atoms with van der Waals surface area (Å²) in [5.41, 5.74) is 5.61. The minimum absolute atomic E-state index is 0.344. The van der Waals surface area contributed by atoms with Crippen LogP contribution in [0.2, 0.25) is 0 Å². The van der Waals surface area contributed by atoms with Gasteiger partial charge in [-0.05, 0) is 12.8 Å². The Balaban J connectivity index is 2.11. The standard InChI is InChI=1S/C9H13N3O2/c10-9(13)7-5-11-12(6-7)8-1-3-14-4-2-8/h5-6,8H,1-4H2,(H2,10,13). The average Bonchev–Trinajstić information content (AvgIpc) is 2.68. The first-order valence-corrected chi connectivity index (χ1v) is 4.69. The largest absolute Gasteiger partial charge is 0.381 e. The number of carbonyl (C=O) groups excluding carboxylic acids is 1. The van der Waals surface area contributed by atoms with Crippen molar-refractivity contribution in [1.29, 1.82) is 0 Å². The molecule has 2 N–H and O–H groups in total. The van der Waals surface area contributed by atoms with Crippen LogP contribution in [0.25, 0.3) is 0 Å². The van der Waals surface area contributed by atoms with Gasteiger partial charge in [-0.1, -0.05) is 0 Å². The van der Waals surface area contributed by atoms with Crippen LogP contribution >= 0.6 is 0 Å². The summed E-state index contributed by atoms with van der Waals surface area (Å²) in [5.74, 6) is -0.427. The lowest BCUT2D eigenvalue weighted by molar-refractivity contribution is 0.0662. The van der Waals surface area contributed by atoms with Crippen LogP contribution in [0.5, 0.6) is 0 Å². The molecule has 0 aromatic carbocycles. The lowest BCUT2D eigenvalue weighted by atomic mass is 10.1. The van der Waals surface area contributed by atoms with Crippen molar-refractivity contribution in [2.24, 2.45) is 5.73 Å². The van der Waals surface area contributed by atoms with Crippen LogP contribution in [-0.2, 0) is 4.74 Å². The molecule has 1 aromatic rings. The summed E-state index contributed by atoms with van der Waals surface area (Å²) < 4.78 is 7.05. The van der Waals surface area contributed by atoms with Crippen molar-refractivity contribution >= 4 is 5.91 Å². The van der Waals surface area contributed by atoms with Crippen LogP contribution in [0.15, 0.2) is 12.4 Å². The Morgan fingerprint density at radius 2 is 2.29 bits per heavy atom. The van der Waals surface area contributed by atoms with E-state index in [4.69, 9.17) is 10.5 Å². The zero-order valence-electron chi connectivity index (χ0n) is 7.85. The number of primary amides is 1. The SMILES string of the molecule is NC(=O)c1cnn(C2CCOCC2)c1. The van der Waals surface area contributed by atoms with E-state index in [9.17, 15) is 4.79 Å². The number of ether oxygens (including phenoxy) is 1. The second-order valence-electron chi connectivity index (χ2n) is 3.42. The molecule has 76 valence electrons. The molecule has 5 heteroatoms. The van der Waals surface area contributed by atoms with E-state index in [1.807, 2.05) is 4.68 Å². The van der Waals surface area contributed by atoms with E-state index in [1.165, 1.54) is 6.20 Å². The van der Waals surface area contributed by atoms with Gasteiger partial charge in [-0.25, -0.2) is 0 Å². The van der Waals surface area contributed by atoms with E-state index in [2.05, 4.69) is 5.10 Å². The number of nitrogens with zero attached hydrogens (tertiary/aromatic N) is 2. The van der Waals surface area contributed by atoms with Crippen molar-refractivity contribution in [1.82, 2.24) is 9.78 Å². The highest BCUT2D eigenvalue weighted by atomic mass is 16.5. The number of rotatable bonds is 2. The molecule has 0 aliphatic carbocycles. The van der Waals surface area contributed by atoms with Gasteiger partial charge in [0.2, 0.25) is 0 Å². The molecule has 0 unspecified atom stereocenters. The van der Waals surface area contributed by atoms with E-state index < -0.39 is 5.91 Å². The Morgan fingerprint density at radius 1 is 1.57 bits per heavy atom. The van der Waals surface area contributed by atoms with E-state index in [0.29, 0.717) is 11.6 Å². The second kappa shape index (κ2) is 3.79. The normalized spacial score (nSPS) is 18.3. The van der Waals surface area contributed by atoms with E-state index >= 15 is 0 Å². The molecule has 0 atom stereocenters. The van der Waals surface area contributed by atoms with Crippen LogP contribution in [0, 0.1) is 0 Å². The quantitative estimate of drug-likeness (QED) is 0.739. The predicted molar refractivity (Wildman–Crippen MR) is 49.8 cm³/mol. The maximum atomic E-state index is 10.8. The van der Waals surface area contributed by atoms with Crippen LogP contribution in [0.4, 0.5) is 0 Å². The van der Waals surface area contributed by atoms with Crippen molar-refractivity contribution in [3.63, 3.8) is 0 Å². The third kappa shape index (κ3) is 1.77. The molecule has 0 radical (unpaired) electrons. The number of hydrogen-bond acceptors (Lipinski definition) is 3. The lowest BCUT2D eigenvalue weighted by Crippen LogP contribution is -2.20. The molecule has 1 aliphatic heterocycles. The van der Waals surface area contributed by atoms with E-state index in [0.717, 1.165) is 26.1 Å². The van der Waals surface area contributed by atoms with Gasteiger partial charge in [0.15, 0.2) is 0 Å². The molecule has 1 aromatic heterocycles. The van der Waals surface area contributed by atoms with Gasteiger partial charge in [0.05, 0.1) is 17.8 Å². The first-order chi connectivity index (χ1) is 6.77. The lowest BCUT2D eigenvalue weighted by Gasteiger charge is -2.22. The molecule has 0 bridgehead atoms. The fourth-order valence-corrected chi connectivity index (χ4v) is 1.61. The highest BCUT2D eigenvalue weighted by Crippen LogP contribution is 2.19. The molecule has 1 saturated heterocycles. The van der Waals surface area contributed by atoms with Gasteiger partial charge < -0.3 is 10.5 Å². The molecule has 2 rings (SSSR count). The summed E-state index contributed by atoms with van der Waals surface area (Å²) in [7, 11) is 0. The van der Waals surface area contributed by atoms with Crippen LogP contribution < -0.4 is 5.73 Å². The fourth-order valence-electron chi connectivity index (χ4n) is 1.61. The maximum absolute atomic E-state index is 10.8. The van der Waals surface area contributed by atoms with E-state index in [1.54, 1.807) is 6.20 Å². The van der Waals surface area contributed by atoms with Crippen molar-refractivity contribution in [2.45, 2.75) is 18.9 Å². The highest BCUT2D eigenvalue weighted by molar-refractivity contribution is 5.92. The van der Waals surface area contributed by atoms with Gasteiger partial charge >= 0.3 is 0 Å². The van der Waals surface area contributed by atoms with Gasteiger partial charge in [0.25, 0.3) is 5.91 Å². The summed E-state index contributed by atoms with van der Waals surface area (Å²) >= 11 is 0. The van der Waals surface area contributed by atoms with E-state index in [-0.39, 0.29) is 0 Å². The highest BCUT2D eigenvalue weighted by Gasteiger charge is 2.17. The van der Waals surface area contributed by atoms with Crippen LogP contribution in [0.3, 0.4) is 0 Å². The minimum atomic E-state index is -0.427. The molecular weight excluding hydrogens is 182 g/mol. The van der Waals surface area contributed by atoms with Gasteiger partial charge in [0, 0.05) is 19.4 Å². The summed E-state index contributed by atoms with van der Waals surface area (Å²) in [6.45, 7) is 1.52. The summed E-state index contributed by atoms with van der Waals surface area (Å²) in [6, 6.07) is 0.344. The summed E-state index contributed by atoms with van der Waals surface area (Å²) in [6.07, 6.45) is 5.11. The molecule has 1 amide bonds. The molecule has 2 heterocycles. The topological polar surface area (TPSA) is 70.1 Å². The van der Waals surface area contributed by atoms with Crippen molar-refractivity contribution < 1.29 is 9.53 Å². The fraction of sp³-hybridized carbons (Fsp3) is 0.556. The average molecular weight is 195 g/mol. The number of hydrogen-bond donors (Lipinski definition) is 1. The monoisotopic (exact) mass is 195 g/mol. The zero-order chi connectivity index (χ0) is 9.97. The Kier molecular flexibility index (Phi) is 2.49. The smallest absolute Gasteiger partial charge is 0.251 e. The molecular formula is C9H13N3O2. The van der Waals surface area contributed by atoms with Gasteiger partial charge in [-0.15, -0.1) is 0 Å². The molecule has 5 nitrogen and oxygen atoms in total. The third-order valence-corrected chi connectivity index (χ3v) is 2.45. The maximum Gasteiger partial charge on any atom is 0.251 e. The van der Waals surface area contributed by atoms with Crippen molar-refractivity contribution in [3.05, 3.63) is 18.0 Å². The van der Waals surface area contributed by atoms with Gasteiger partial charge in [-0.2, -0.15) is 5.10 Å². The molecule has 1 fully saturated rings. The Labute approximate surface area is 81.8 Å². The summed E-state index contributed by atoms with van der Waals surface area (Å²) in [5, 5.41) is 4.12. The Hall–Kier alpha value is -1.36. The summed E-state index contributed by atoms with van der Waals surface area (Å²) in [4.78, 5) is 10.8. The van der Waals surface area contributed by atoms with Gasteiger partial charge in [0.1, 0.15) is 0 Å². The first kappa shape index (κ1) is 9.21. The van der Waals surface area contributed by atoms with Crippen molar-refractivity contribution in [3.8, 4) is 0 Å². The molecule has 0 saturated carbocycles. The number of aromatic nitrogens is 2. The minimum Gasteiger partial charge on any atom is -0.381 e. The second-order valence-corrected chi connectivity index (χ2v) is 3.42. The zero-order valence-corrected chi connectivity index (χ0v) is 7.85. The first-order valence-electron chi connectivity index (χ1n) is 4.69. The number of carbonyl (C=O) groups is 1.